The van der Waals surface area contributed by atoms with Crippen molar-refractivity contribution in [1.82, 2.24) is 0 Å². The van der Waals surface area contributed by atoms with Crippen molar-refractivity contribution in [2.24, 2.45) is 0 Å². The van der Waals surface area contributed by atoms with Crippen LogP contribution in [0.5, 0.6) is 0 Å². The van der Waals surface area contributed by atoms with Gasteiger partial charge in [0.15, 0.2) is 5.78 Å². The molecule has 0 heterocycles. The van der Waals surface area contributed by atoms with E-state index in [1.807, 2.05) is 0 Å². The summed E-state index contributed by atoms with van der Waals surface area (Å²) in [6.07, 6.45) is 0. The molecule has 1 aromatic rings. The van der Waals surface area contributed by atoms with Crippen LogP contribution in [0, 0.1) is 0 Å². The van der Waals surface area contributed by atoms with Gasteiger partial charge >= 0.3 is 0 Å². The number of ketones is 1. The number of benzene rings is 1. The molecule has 3 nitrogen and oxygen atoms in total. The Kier molecular flexibility index (Phi) is 3.92. The Hall–Kier alpha value is -1.06. The fourth-order valence-corrected chi connectivity index (χ4v) is 1.25. The molecule has 1 rings (SSSR count). The van der Waals surface area contributed by atoms with Gasteiger partial charge in [0.2, 0.25) is 0 Å². The summed E-state index contributed by atoms with van der Waals surface area (Å²) in [6, 6.07) is 5.02. The predicted octanol–water partition coefficient (Wildman–Crippen LogP) is 1.95. The summed E-state index contributed by atoms with van der Waals surface area (Å²) >= 11 is 5.88. The zero-order valence-corrected chi connectivity index (χ0v) is 8.64. The monoisotopic (exact) mass is 213 g/mol. The highest BCUT2D eigenvalue weighted by atomic mass is 35.5. The van der Waals surface area contributed by atoms with Crippen LogP contribution in [0.4, 0.5) is 5.69 Å². The van der Waals surface area contributed by atoms with Crippen LogP contribution in [0.15, 0.2) is 18.2 Å². The number of aliphatic hydroxyl groups excluding tert-OH is 1. The molecule has 0 saturated carbocycles. The molecule has 1 aromatic carbocycles. The largest absolute Gasteiger partial charge is 0.395 e. The molecule has 0 atom stereocenters. The van der Waals surface area contributed by atoms with E-state index in [4.69, 9.17) is 16.7 Å². The summed E-state index contributed by atoms with van der Waals surface area (Å²) in [5, 5.41) is 12.1. The lowest BCUT2D eigenvalue weighted by Gasteiger charge is -2.07. The molecule has 0 saturated heterocycles. The van der Waals surface area contributed by atoms with E-state index in [2.05, 4.69) is 5.32 Å². The number of anilines is 1. The molecule has 0 amide bonds. The SMILES string of the molecule is CC(=O)c1ccc(Cl)c(NCCO)c1. The van der Waals surface area contributed by atoms with Crippen molar-refractivity contribution < 1.29 is 9.90 Å². The zero-order valence-electron chi connectivity index (χ0n) is 7.88. The van der Waals surface area contributed by atoms with Gasteiger partial charge < -0.3 is 10.4 Å². The Morgan fingerprint density at radius 3 is 2.86 bits per heavy atom. The number of nitrogens with one attached hydrogen (secondary N) is 1. The summed E-state index contributed by atoms with van der Waals surface area (Å²) in [5.41, 5.74) is 1.28. The van der Waals surface area contributed by atoms with Crippen LogP contribution in [0.3, 0.4) is 0 Å². The Labute approximate surface area is 87.7 Å². The maximum absolute atomic E-state index is 11.1. The zero-order chi connectivity index (χ0) is 10.6. The molecule has 0 aliphatic carbocycles. The topological polar surface area (TPSA) is 49.3 Å². The first kappa shape index (κ1) is 11.0. The molecule has 4 heteroatoms. The quantitative estimate of drug-likeness (QED) is 0.752. The van der Waals surface area contributed by atoms with Gasteiger partial charge in [0.05, 0.1) is 17.3 Å². The fraction of sp³-hybridized carbons (Fsp3) is 0.300. The van der Waals surface area contributed by atoms with E-state index in [9.17, 15) is 4.79 Å². The van der Waals surface area contributed by atoms with Crippen molar-refractivity contribution >= 4 is 23.1 Å². The number of halogens is 1. The van der Waals surface area contributed by atoms with Crippen LogP contribution < -0.4 is 5.32 Å². The summed E-state index contributed by atoms with van der Waals surface area (Å²) in [7, 11) is 0. The second-order valence-electron chi connectivity index (χ2n) is 2.90. The maximum Gasteiger partial charge on any atom is 0.159 e. The van der Waals surface area contributed by atoms with E-state index < -0.39 is 0 Å². The van der Waals surface area contributed by atoms with Crippen molar-refractivity contribution in [3.63, 3.8) is 0 Å². The van der Waals surface area contributed by atoms with Crippen LogP contribution in [-0.2, 0) is 0 Å². The lowest BCUT2D eigenvalue weighted by Crippen LogP contribution is -2.06. The molecule has 0 spiro atoms. The molecule has 14 heavy (non-hydrogen) atoms. The van der Waals surface area contributed by atoms with Gasteiger partial charge in [-0.3, -0.25) is 4.79 Å². The van der Waals surface area contributed by atoms with Crippen molar-refractivity contribution in [3.8, 4) is 0 Å². The Morgan fingerprint density at radius 1 is 1.57 bits per heavy atom. The Balaban J connectivity index is 2.90. The number of carbonyl (C=O) groups excluding carboxylic acids is 1. The lowest BCUT2D eigenvalue weighted by atomic mass is 10.1. The minimum absolute atomic E-state index is 0.00582. The van der Waals surface area contributed by atoms with E-state index in [1.165, 1.54) is 6.92 Å². The Morgan fingerprint density at radius 2 is 2.29 bits per heavy atom. The van der Waals surface area contributed by atoms with Gasteiger partial charge in [0.25, 0.3) is 0 Å². The molecule has 0 aliphatic heterocycles. The molecule has 0 aliphatic rings. The fourth-order valence-electron chi connectivity index (χ4n) is 1.07. The van der Waals surface area contributed by atoms with E-state index in [0.717, 1.165) is 0 Å². The van der Waals surface area contributed by atoms with Crippen molar-refractivity contribution in [3.05, 3.63) is 28.8 Å². The first-order valence-electron chi connectivity index (χ1n) is 4.30. The smallest absolute Gasteiger partial charge is 0.159 e. The molecule has 0 aromatic heterocycles. The van der Waals surface area contributed by atoms with Crippen LogP contribution in [0.1, 0.15) is 17.3 Å². The predicted molar refractivity (Wildman–Crippen MR) is 57.0 cm³/mol. The highest BCUT2D eigenvalue weighted by molar-refractivity contribution is 6.33. The van der Waals surface area contributed by atoms with Crippen LogP contribution in [-0.4, -0.2) is 24.0 Å². The number of carbonyl (C=O) groups is 1. The highest BCUT2D eigenvalue weighted by Crippen LogP contribution is 2.22. The van der Waals surface area contributed by atoms with Crippen LogP contribution >= 0.6 is 11.6 Å². The highest BCUT2D eigenvalue weighted by Gasteiger charge is 2.04. The van der Waals surface area contributed by atoms with E-state index in [1.54, 1.807) is 18.2 Å². The molecule has 0 bridgehead atoms. The lowest BCUT2D eigenvalue weighted by molar-refractivity contribution is 0.101. The summed E-state index contributed by atoms with van der Waals surface area (Å²) in [4.78, 5) is 11.1. The molecular formula is C10H12ClNO2. The first-order valence-corrected chi connectivity index (χ1v) is 4.68. The van der Waals surface area contributed by atoms with E-state index in [0.29, 0.717) is 22.8 Å². The number of hydrogen-bond acceptors (Lipinski definition) is 3. The molecule has 2 N–H and O–H groups in total. The van der Waals surface area contributed by atoms with Gasteiger partial charge in [-0.1, -0.05) is 11.6 Å². The average Bonchev–Trinajstić information content (AvgIpc) is 2.16. The van der Waals surface area contributed by atoms with E-state index >= 15 is 0 Å². The normalized spacial score (nSPS) is 9.93. The summed E-state index contributed by atoms with van der Waals surface area (Å²) < 4.78 is 0. The van der Waals surface area contributed by atoms with Crippen molar-refractivity contribution in [1.29, 1.82) is 0 Å². The summed E-state index contributed by atoms with van der Waals surface area (Å²) in [6.45, 7) is 1.95. The average molecular weight is 214 g/mol. The Bertz CT molecular complexity index is 339. The second kappa shape index (κ2) is 4.98. The molecular weight excluding hydrogens is 202 g/mol. The molecule has 0 fully saturated rings. The van der Waals surface area contributed by atoms with Crippen molar-refractivity contribution in [2.45, 2.75) is 6.92 Å². The van der Waals surface area contributed by atoms with Gasteiger partial charge in [-0.15, -0.1) is 0 Å². The number of Topliss-reactive ketones (excluding diaryl/α,β-unsaturated/α-hetero) is 1. The third kappa shape index (κ3) is 2.72. The van der Waals surface area contributed by atoms with E-state index in [-0.39, 0.29) is 12.4 Å². The van der Waals surface area contributed by atoms with Crippen LogP contribution in [0.25, 0.3) is 0 Å². The standard InChI is InChI=1S/C10H12ClNO2/c1-7(14)8-2-3-9(11)10(6-8)12-4-5-13/h2-3,6,12-13H,4-5H2,1H3. The van der Waals surface area contributed by atoms with Gasteiger partial charge in [-0.25, -0.2) is 0 Å². The number of rotatable bonds is 4. The van der Waals surface area contributed by atoms with Gasteiger partial charge in [-0.05, 0) is 25.1 Å². The van der Waals surface area contributed by atoms with Gasteiger partial charge in [-0.2, -0.15) is 0 Å². The third-order valence-electron chi connectivity index (χ3n) is 1.80. The minimum Gasteiger partial charge on any atom is -0.395 e. The van der Waals surface area contributed by atoms with Crippen molar-refractivity contribution in [2.75, 3.05) is 18.5 Å². The molecule has 0 radical (unpaired) electrons. The van der Waals surface area contributed by atoms with Gasteiger partial charge in [0.1, 0.15) is 0 Å². The molecule has 0 unspecified atom stereocenters. The summed E-state index contributed by atoms with van der Waals surface area (Å²) in [5.74, 6) is -0.00582. The minimum atomic E-state index is -0.00582. The second-order valence-corrected chi connectivity index (χ2v) is 3.31. The maximum atomic E-state index is 11.1. The first-order chi connectivity index (χ1) is 6.65. The molecule has 76 valence electrons. The number of hydrogen-bond donors (Lipinski definition) is 2. The van der Waals surface area contributed by atoms with Gasteiger partial charge in [0, 0.05) is 12.1 Å². The number of aliphatic hydroxyl groups is 1. The third-order valence-corrected chi connectivity index (χ3v) is 2.13. The van der Waals surface area contributed by atoms with Crippen LogP contribution in [0.2, 0.25) is 5.02 Å².